The van der Waals surface area contributed by atoms with Crippen LogP contribution in [0.1, 0.15) is 20.8 Å². The predicted octanol–water partition coefficient (Wildman–Crippen LogP) is 5.60. The van der Waals surface area contributed by atoms with Gasteiger partial charge in [-0.3, -0.25) is 4.79 Å². The summed E-state index contributed by atoms with van der Waals surface area (Å²) in [6.07, 6.45) is -4.02. The summed E-state index contributed by atoms with van der Waals surface area (Å²) in [6.45, 7) is 0.344. The van der Waals surface area contributed by atoms with Crippen LogP contribution < -0.4 is 11.1 Å². The van der Waals surface area contributed by atoms with Gasteiger partial charge in [-0.15, -0.1) is 22.7 Å². The molecule has 4 rings (SSSR count). The molecule has 0 unspecified atom stereocenters. The molecule has 0 atom stereocenters. The number of nitrogens with two attached hydrogens (primary N) is 1. The highest BCUT2D eigenvalue weighted by molar-refractivity contribution is 7.21. The number of benzene rings is 1. The summed E-state index contributed by atoms with van der Waals surface area (Å²) in [4.78, 5) is 17.7. The summed E-state index contributed by atoms with van der Waals surface area (Å²) in [6, 6.07) is 14.0. The number of hydrogen-bond donors (Lipinski definition) is 2. The van der Waals surface area contributed by atoms with Gasteiger partial charge in [0.1, 0.15) is 9.71 Å². The lowest BCUT2D eigenvalue weighted by molar-refractivity contribution is -0.136. The van der Waals surface area contributed by atoms with Crippen molar-refractivity contribution in [3.05, 3.63) is 69.9 Å². The molecule has 0 spiro atoms. The first-order chi connectivity index (χ1) is 14.3. The molecular weight excluding hydrogens is 431 g/mol. The molecule has 3 N–H and O–H groups in total. The minimum Gasteiger partial charge on any atom is -0.397 e. The number of alkyl halides is 3. The molecule has 0 fully saturated rings. The molecule has 30 heavy (non-hydrogen) atoms. The summed E-state index contributed by atoms with van der Waals surface area (Å²) < 4.78 is 41.2. The minimum absolute atomic E-state index is 0.0411. The number of amides is 1. The Bertz CT molecular complexity index is 1190. The summed E-state index contributed by atoms with van der Waals surface area (Å²) in [5, 5.41) is 4.28. The maximum atomic E-state index is 13.7. The van der Waals surface area contributed by atoms with Gasteiger partial charge >= 0.3 is 6.18 Å². The van der Waals surface area contributed by atoms with Gasteiger partial charge in [-0.2, -0.15) is 13.2 Å². The van der Waals surface area contributed by atoms with Gasteiger partial charge in [-0.05, 0) is 29.5 Å². The first-order valence-electron chi connectivity index (χ1n) is 9.01. The number of carbonyl (C=O) groups is 1. The molecule has 0 saturated carbocycles. The van der Waals surface area contributed by atoms with Crippen molar-refractivity contribution in [2.75, 3.05) is 12.3 Å². The van der Waals surface area contributed by atoms with Gasteiger partial charge in [0.05, 0.1) is 21.8 Å². The maximum absolute atomic E-state index is 13.7. The van der Waals surface area contributed by atoms with Crippen LogP contribution in [0.2, 0.25) is 0 Å². The van der Waals surface area contributed by atoms with E-state index in [0.717, 1.165) is 23.0 Å². The Hall–Kier alpha value is -2.91. The molecule has 0 saturated heterocycles. The topological polar surface area (TPSA) is 68.0 Å². The highest BCUT2D eigenvalue weighted by Gasteiger charge is 2.36. The summed E-state index contributed by atoms with van der Waals surface area (Å²) in [5.41, 5.74) is 6.19. The molecular formula is C21H16F3N3OS2. The van der Waals surface area contributed by atoms with Crippen molar-refractivity contribution in [2.45, 2.75) is 12.6 Å². The lowest BCUT2D eigenvalue weighted by Crippen LogP contribution is -2.25. The van der Waals surface area contributed by atoms with E-state index >= 15 is 0 Å². The summed E-state index contributed by atoms with van der Waals surface area (Å²) in [7, 11) is 0. The van der Waals surface area contributed by atoms with Crippen LogP contribution in [0.15, 0.2) is 53.9 Å². The van der Waals surface area contributed by atoms with Crippen LogP contribution in [-0.2, 0) is 12.6 Å². The fraction of sp³-hybridized carbons (Fsp3) is 0.143. The SMILES string of the molecule is Nc1c(C(=O)NCCc2ccccc2)sc2nc(-c3cccs3)cc(C(F)(F)F)c12. The Morgan fingerprint density at radius 3 is 2.57 bits per heavy atom. The normalized spacial score (nSPS) is 11.7. The van der Waals surface area contributed by atoms with E-state index in [-0.39, 0.29) is 26.5 Å². The Kier molecular flexibility index (Phi) is 5.48. The van der Waals surface area contributed by atoms with Crippen LogP contribution in [0.4, 0.5) is 18.9 Å². The number of thiophene rings is 2. The van der Waals surface area contributed by atoms with E-state index in [2.05, 4.69) is 10.3 Å². The zero-order valence-corrected chi connectivity index (χ0v) is 17.1. The number of carbonyl (C=O) groups excluding carboxylic acids is 1. The molecule has 154 valence electrons. The van der Waals surface area contributed by atoms with Crippen LogP contribution in [0.5, 0.6) is 0 Å². The maximum Gasteiger partial charge on any atom is 0.417 e. The molecule has 0 aliphatic rings. The third kappa shape index (κ3) is 4.03. The van der Waals surface area contributed by atoms with Crippen molar-refractivity contribution in [2.24, 2.45) is 0 Å². The number of nitrogen functional groups attached to an aromatic ring is 1. The molecule has 0 bridgehead atoms. The smallest absolute Gasteiger partial charge is 0.397 e. The zero-order chi connectivity index (χ0) is 21.3. The minimum atomic E-state index is -4.62. The molecule has 0 aliphatic heterocycles. The second-order valence-electron chi connectivity index (χ2n) is 6.55. The van der Waals surface area contributed by atoms with E-state index < -0.39 is 17.6 Å². The van der Waals surface area contributed by atoms with Gasteiger partial charge in [-0.1, -0.05) is 36.4 Å². The number of nitrogens with zero attached hydrogens (tertiary/aromatic N) is 1. The number of aromatic nitrogens is 1. The molecule has 0 radical (unpaired) electrons. The monoisotopic (exact) mass is 447 g/mol. The highest BCUT2D eigenvalue weighted by Crippen LogP contribution is 2.43. The molecule has 3 heterocycles. The largest absolute Gasteiger partial charge is 0.417 e. The zero-order valence-electron chi connectivity index (χ0n) is 15.5. The van der Waals surface area contributed by atoms with Gasteiger partial charge in [0, 0.05) is 11.9 Å². The van der Waals surface area contributed by atoms with Gasteiger partial charge in [0.25, 0.3) is 5.91 Å². The molecule has 9 heteroatoms. The Morgan fingerprint density at radius 2 is 1.90 bits per heavy atom. The highest BCUT2D eigenvalue weighted by atomic mass is 32.1. The lowest BCUT2D eigenvalue weighted by Gasteiger charge is -2.10. The van der Waals surface area contributed by atoms with Crippen LogP contribution >= 0.6 is 22.7 Å². The van der Waals surface area contributed by atoms with E-state index in [1.807, 2.05) is 30.3 Å². The van der Waals surface area contributed by atoms with E-state index in [1.54, 1.807) is 17.5 Å². The molecule has 4 aromatic rings. The van der Waals surface area contributed by atoms with Crippen LogP contribution in [0, 0.1) is 0 Å². The first-order valence-corrected chi connectivity index (χ1v) is 10.7. The van der Waals surface area contributed by atoms with Crippen molar-refractivity contribution in [3.63, 3.8) is 0 Å². The number of halogens is 3. The molecule has 1 aromatic carbocycles. The van der Waals surface area contributed by atoms with E-state index in [4.69, 9.17) is 5.73 Å². The lowest BCUT2D eigenvalue weighted by atomic mass is 10.1. The molecule has 4 nitrogen and oxygen atoms in total. The second-order valence-corrected chi connectivity index (χ2v) is 8.49. The predicted molar refractivity (Wildman–Crippen MR) is 115 cm³/mol. The quantitative estimate of drug-likeness (QED) is 0.419. The van der Waals surface area contributed by atoms with E-state index in [0.29, 0.717) is 17.8 Å². The van der Waals surface area contributed by atoms with E-state index in [9.17, 15) is 18.0 Å². The van der Waals surface area contributed by atoms with Crippen molar-refractivity contribution in [1.82, 2.24) is 10.3 Å². The Morgan fingerprint density at radius 1 is 1.13 bits per heavy atom. The van der Waals surface area contributed by atoms with Gasteiger partial charge < -0.3 is 11.1 Å². The van der Waals surface area contributed by atoms with Crippen molar-refractivity contribution in [1.29, 1.82) is 0 Å². The molecule has 3 aromatic heterocycles. The average molecular weight is 448 g/mol. The summed E-state index contributed by atoms with van der Waals surface area (Å²) in [5.74, 6) is -0.503. The number of nitrogens with one attached hydrogen (secondary N) is 1. The number of pyridine rings is 1. The van der Waals surface area contributed by atoms with Crippen molar-refractivity contribution >= 4 is 44.5 Å². The van der Waals surface area contributed by atoms with Crippen molar-refractivity contribution < 1.29 is 18.0 Å². The van der Waals surface area contributed by atoms with Gasteiger partial charge in [0.15, 0.2) is 0 Å². The fourth-order valence-electron chi connectivity index (χ4n) is 3.11. The van der Waals surface area contributed by atoms with Crippen LogP contribution in [-0.4, -0.2) is 17.4 Å². The standard InChI is InChI=1S/C21H16F3N3OS2/c22-21(23,24)13-11-14(15-7-4-10-29-15)27-20-16(13)17(25)18(30-20)19(28)26-9-8-12-5-2-1-3-6-12/h1-7,10-11H,8-9,25H2,(H,26,28). The fourth-order valence-corrected chi connectivity index (χ4v) is 4.83. The third-order valence-electron chi connectivity index (χ3n) is 4.53. The number of anilines is 1. The molecule has 1 amide bonds. The Balaban J connectivity index is 1.67. The first kappa shape index (κ1) is 20.4. The number of hydrogen-bond acceptors (Lipinski definition) is 5. The van der Waals surface area contributed by atoms with Crippen LogP contribution in [0.3, 0.4) is 0 Å². The number of rotatable bonds is 5. The Labute approximate surface area is 178 Å². The van der Waals surface area contributed by atoms with Gasteiger partial charge in [-0.25, -0.2) is 4.98 Å². The number of fused-ring (bicyclic) bond motifs is 1. The second kappa shape index (κ2) is 8.08. The van der Waals surface area contributed by atoms with Crippen LogP contribution in [0.25, 0.3) is 20.8 Å². The average Bonchev–Trinajstić information content (AvgIpc) is 3.36. The summed E-state index contributed by atoms with van der Waals surface area (Å²) >= 11 is 2.17. The van der Waals surface area contributed by atoms with Crippen molar-refractivity contribution in [3.8, 4) is 10.6 Å². The van der Waals surface area contributed by atoms with E-state index in [1.165, 1.54) is 11.3 Å². The third-order valence-corrected chi connectivity index (χ3v) is 6.52. The molecule has 0 aliphatic carbocycles. The van der Waals surface area contributed by atoms with Gasteiger partial charge in [0.2, 0.25) is 0 Å².